The molecule has 0 saturated carbocycles. The van der Waals surface area contributed by atoms with Crippen molar-refractivity contribution in [1.29, 1.82) is 0 Å². The minimum Gasteiger partial charge on any atom is -0.356 e. The number of aryl methyl sites for hydroxylation is 2. The average Bonchev–Trinajstić information content (AvgIpc) is 3.27. The van der Waals surface area contributed by atoms with Gasteiger partial charge in [0.1, 0.15) is 0 Å². The molecular formula is C21H26N4O2. The highest BCUT2D eigenvalue weighted by Gasteiger charge is 2.29. The van der Waals surface area contributed by atoms with Gasteiger partial charge in [0, 0.05) is 42.4 Å². The molecule has 6 nitrogen and oxygen atoms in total. The zero-order valence-electron chi connectivity index (χ0n) is 16.0. The predicted molar refractivity (Wildman–Crippen MR) is 103 cm³/mol. The smallest absolute Gasteiger partial charge is 0.226 e. The van der Waals surface area contributed by atoms with Gasteiger partial charge in [-0.25, -0.2) is 0 Å². The predicted octanol–water partition coefficient (Wildman–Crippen LogP) is 3.97. The molecule has 0 fully saturated rings. The Bertz CT molecular complexity index is 943. The van der Waals surface area contributed by atoms with Gasteiger partial charge in [-0.3, -0.25) is 4.79 Å². The first-order valence-corrected chi connectivity index (χ1v) is 9.87. The fraction of sp³-hybridized carbons (Fsp3) is 0.476. The number of hydrogen-bond donors (Lipinski definition) is 1. The van der Waals surface area contributed by atoms with E-state index in [4.69, 9.17) is 4.52 Å². The van der Waals surface area contributed by atoms with E-state index >= 15 is 0 Å². The molecule has 27 heavy (non-hydrogen) atoms. The van der Waals surface area contributed by atoms with Crippen LogP contribution in [0, 0.1) is 0 Å². The number of amides is 1. The second kappa shape index (κ2) is 7.55. The van der Waals surface area contributed by atoms with Crippen molar-refractivity contribution in [3.8, 4) is 0 Å². The van der Waals surface area contributed by atoms with Crippen molar-refractivity contribution >= 4 is 16.8 Å². The van der Waals surface area contributed by atoms with Crippen molar-refractivity contribution in [2.24, 2.45) is 0 Å². The molecule has 1 N–H and O–H groups in total. The van der Waals surface area contributed by atoms with Crippen LogP contribution in [-0.4, -0.2) is 32.5 Å². The van der Waals surface area contributed by atoms with Gasteiger partial charge in [0.05, 0.1) is 6.04 Å². The number of carbonyl (C=O) groups is 1. The van der Waals surface area contributed by atoms with Crippen LogP contribution in [0.1, 0.15) is 62.1 Å². The Kier molecular flexibility index (Phi) is 4.97. The molecule has 0 aliphatic carbocycles. The molecule has 1 atom stereocenters. The maximum absolute atomic E-state index is 12.8. The van der Waals surface area contributed by atoms with Gasteiger partial charge in [-0.2, -0.15) is 4.98 Å². The normalized spacial score (nSPS) is 16.7. The van der Waals surface area contributed by atoms with Crippen molar-refractivity contribution in [2.75, 3.05) is 6.54 Å². The number of nitrogens with zero attached hydrogens (tertiary/aromatic N) is 3. The molecular weight excluding hydrogens is 340 g/mol. The summed E-state index contributed by atoms with van der Waals surface area (Å²) in [6.07, 6.45) is 4.63. The zero-order valence-corrected chi connectivity index (χ0v) is 16.0. The second-order valence-corrected chi connectivity index (χ2v) is 7.28. The Balaban J connectivity index is 1.37. The molecule has 6 heteroatoms. The highest BCUT2D eigenvalue weighted by Crippen LogP contribution is 2.34. The molecule has 1 amide bonds. The minimum atomic E-state index is 0.0770. The minimum absolute atomic E-state index is 0.0770. The van der Waals surface area contributed by atoms with Crippen molar-refractivity contribution in [2.45, 2.75) is 58.4 Å². The standard InChI is InChI=1S/C21H26N4O2/c1-3-7-18-23-19(27-24-18)10-6-11-20(26)25-13-12-16-15-8-4-5-9-17(15)22-21(16)14(25)2/h4-5,8-9,14,22H,3,6-7,10-13H2,1-2H3/t14-/m0/s1. The monoisotopic (exact) mass is 366 g/mol. The largest absolute Gasteiger partial charge is 0.356 e. The van der Waals surface area contributed by atoms with Crippen LogP contribution in [0.25, 0.3) is 10.9 Å². The molecule has 2 aromatic heterocycles. The number of carbonyl (C=O) groups excluding carboxylic acids is 1. The average molecular weight is 366 g/mol. The lowest BCUT2D eigenvalue weighted by molar-refractivity contribution is -0.133. The number of aromatic nitrogens is 3. The number of benzene rings is 1. The molecule has 0 radical (unpaired) electrons. The third-order valence-electron chi connectivity index (χ3n) is 5.42. The van der Waals surface area contributed by atoms with Crippen LogP contribution in [0.15, 0.2) is 28.8 Å². The van der Waals surface area contributed by atoms with Crippen LogP contribution in [0.4, 0.5) is 0 Å². The maximum atomic E-state index is 12.8. The fourth-order valence-corrected chi connectivity index (χ4v) is 4.02. The van der Waals surface area contributed by atoms with Crippen LogP contribution in [-0.2, 0) is 24.1 Å². The molecule has 4 rings (SSSR count). The number of nitrogens with one attached hydrogen (secondary N) is 1. The first kappa shape index (κ1) is 17.8. The van der Waals surface area contributed by atoms with Gasteiger partial charge < -0.3 is 14.4 Å². The van der Waals surface area contributed by atoms with Crippen LogP contribution in [0.5, 0.6) is 0 Å². The molecule has 0 saturated heterocycles. The second-order valence-electron chi connectivity index (χ2n) is 7.28. The first-order valence-electron chi connectivity index (χ1n) is 9.87. The summed E-state index contributed by atoms with van der Waals surface area (Å²) in [5.41, 5.74) is 3.69. The summed E-state index contributed by atoms with van der Waals surface area (Å²) in [5.74, 6) is 1.59. The molecule has 1 aliphatic rings. The van der Waals surface area contributed by atoms with Crippen LogP contribution in [0.2, 0.25) is 0 Å². The number of rotatable bonds is 6. The summed E-state index contributed by atoms with van der Waals surface area (Å²) in [6, 6.07) is 8.45. The molecule has 3 aromatic rings. The van der Waals surface area contributed by atoms with Crippen LogP contribution >= 0.6 is 0 Å². The van der Waals surface area contributed by atoms with E-state index in [9.17, 15) is 4.79 Å². The van der Waals surface area contributed by atoms with Gasteiger partial charge in [0.15, 0.2) is 5.82 Å². The highest BCUT2D eigenvalue weighted by atomic mass is 16.5. The van der Waals surface area contributed by atoms with Crippen molar-refractivity contribution in [3.63, 3.8) is 0 Å². The van der Waals surface area contributed by atoms with E-state index in [1.807, 2.05) is 11.0 Å². The summed E-state index contributed by atoms with van der Waals surface area (Å²) < 4.78 is 5.25. The van der Waals surface area contributed by atoms with Gasteiger partial charge in [0.2, 0.25) is 11.8 Å². The van der Waals surface area contributed by atoms with Crippen molar-refractivity contribution in [3.05, 3.63) is 47.2 Å². The Morgan fingerprint density at radius 2 is 2.19 bits per heavy atom. The lowest BCUT2D eigenvalue weighted by Crippen LogP contribution is -2.38. The quantitative estimate of drug-likeness (QED) is 0.716. The molecule has 0 spiro atoms. The Morgan fingerprint density at radius 1 is 1.33 bits per heavy atom. The summed E-state index contributed by atoms with van der Waals surface area (Å²) in [5, 5.41) is 5.25. The van der Waals surface area contributed by atoms with Crippen LogP contribution in [0.3, 0.4) is 0 Å². The topological polar surface area (TPSA) is 75.0 Å². The van der Waals surface area contributed by atoms with Gasteiger partial charge in [0.25, 0.3) is 0 Å². The summed E-state index contributed by atoms with van der Waals surface area (Å²) in [6.45, 7) is 4.98. The van der Waals surface area contributed by atoms with E-state index < -0.39 is 0 Å². The van der Waals surface area contributed by atoms with Crippen molar-refractivity contribution < 1.29 is 9.32 Å². The highest BCUT2D eigenvalue weighted by molar-refractivity contribution is 5.86. The number of hydrogen-bond acceptors (Lipinski definition) is 4. The Labute approximate surface area is 158 Å². The summed E-state index contributed by atoms with van der Waals surface area (Å²) >= 11 is 0. The zero-order chi connectivity index (χ0) is 18.8. The fourth-order valence-electron chi connectivity index (χ4n) is 4.02. The van der Waals surface area contributed by atoms with E-state index in [1.165, 1.54) is 16.6 Å². The van der Waals surface area contributed by atoms with Gasteiger partial charge in [-0.15, -0.1) is 0 Å². The maximum Gasteiger partial charge on any atom is 0.226 e. The third kappa shape index (κ3) is 3.48. The number of aromatic amines is 1. The van der Waals surface area contributed by atoms with Crippen LogP contribution < -0.4 is 0 Å². The lowest BCUT2D eigenvalue weighted by Gasteiger charge is -2.33. The molecule has 1 aromatic carbocycles. The first-order chi connectivity index (χ1) is 13.2. The van der Waals surface area contributed by atoms with E-state index in [1.54, 1.807) is 0 Å². The van der Waals surface area contributed by atoms with E-state index in [2.05, 4.69) is 47.2 Å². The molecule has 0 unspecified atom stereocenters. The molecule has 1 aliphatic heterocycles. The summed E-state index contributed by atoms with van der Waals surface area (Å²) in [4.78, 5) is 22.7. The number of fused-ring (bicyclic) bond motifs is 3. The SMILES string of the molecule is CCCc1noc(CCCC(=O)N2CCc3c([nH]c4ccccc34)[C@@H]2C)n1. The molecule has 0 bridgehead atoms. The summed E-state index contributed by atoms with van der Waals surface area (Å²) in [7, 11) is 0. The number of H-pyrrole nitrogens is 1. The Hall–Kier alpha value is -2.63. The number of para-hydroxylation sites is 1. The van der Waals surface area contributed by atoms with Gasteiger partial charge >= 0.3 is 0 Å². The third-order valence-corrected chi connectivity index (χ3v) is 5.42. The van der Waals surface area contributed by atoms with Gasteiger partial charge in [-0.1, -0.05) is 30.3 Å². The molecule has 3 heterocycles. The van der Waals surface area contributed by atoms with E-state index in [0.717, 1.165) is 43.6 Å². The molecule has 142 valence electrons. The van der Waals surface area contributed by atoms with Gasteiger partial charge in [-0.05, 0) is 37.8 Å². The van der Waals surface area contributed by atoms with Crippen molar-refractivity contribution in [1.82, 2.24) is 20.0 Å². The Morgan fingerprint density at radius 3 is 3.04 bits per heavy atom. The lowest BCUT2D eigenvalue weighted by atomic mass is 9.97. The van der Waals surface area contributed by atoms with E-state index in [-0.39, 0.29) is 11.9 Å². The van der Waals surface area contributed by atoms with E-state index in [0.29, 0.717) is 18.7 Å².